The highest BCUT2D eigenvalue weighted by Crippen LogP contribution is 2.34. The second kappa shape index (κ2) is 7.66. The number of carbonyl (C=O) groups excluding carboxylic acids is 2. The van der Waals surface area contributed by atoms with Crippen LogP contribution in [0.15, 0.2) is 70.0 Å². The third-order valence-electron chi connectivity index (χ3n) is 4.79. The second-order valence-corrected chi connectivity index (χ2v) is 9.58. The normalized spacial score (nSPS) is 14.1. The zero-order valence-electron chi connectivity index (χ0n) is 16.2. The summed E-state index contributed by atoms with van der Waals surface area (Å²) in [5, 5.41) is 15.7. The highest BCUT2D eigenvalue weighted by Gasteiger charge is 2.31. The molecule has 2 aromatic carbocycles. The van der Waals surface area contributed by atoms with E-state index < -0.39 is 21.7 Å². The molecular weight excluding hydrogens is 452 g/mol. The molecule has 0 radical (unpaired) electrons. The molecule has 5 rings (SSSR count). The van der Waals surface area contributed by atoms with Gasteiger partial charge in [0.2, 0.25) is 15.0 Å². The van der Waals surface area contributed by atoms with E-state index in [9.17, 15) is 18.0 Å². The number of sulfone groups is 1. The lowest BCUT2D eigenvalue weighted by atomic mass is 10.1. The third-order valence-corrected chi connectivity index (χ3v) is 7.42. The molecule has 2 N–H and O–H groups in total. The molecule has 0 saturated carbocycles. The fourth-order valence-corrected chi connectivity index (χ4v) is 5.43. The van der Waals surface area contributed by atoms with E-state index in [2.05, 4.69) is 25.9 Å². The lowest BCUT2D eigenvalue weighted by Crippen LogP contribution is -2.23. The quantitative estimate of drug-likeness (QED) is 0.470. The highest BCUT2D eigenvalue weighted by atomic mass is 32.2. The topological polar surface area (TPSA) is 136 Å². The molecule has 2 aromatic heterocycles. The van der Waals surface area contributed by atoms with Crippen molar-refractivity contribution in [3.63, 3.8) is 0 Å². The summed E-state index contributed by atoms with van der Waals surface area (Å²) in [6.45, 7) is 0.109. The number of anilines is 1. The Hall–Kier alpha value is -3.90. The van der Waals surface area contributed by atoms with Crippen molar-refractivity contribution in [2.45, 2.75) is 16.3 Å². The maximum Gasteiger partial charge on any atom is 0.257 e. The van der Waals surface area contributed by atoms with Crippen molar-refractivity contribution in [3.05, 3.63) is 77.1 Å². The first-order chi connectivity index (χ1) is 15.4. The van der Waals surface area contributed by atoms with Gasteiger partial charge in [0.05, 0.1) is 33.8 Å². The van der Waals surface area contributed by atoms with Crippen LogP contribution in [-0.2, 0) is 16.4 Å². The Bertz CT molecular complexity index is 1460. The van der Waals surface area contributed by atoms with Crippen LogP contribution < -0.4 is 10.6 Å². The van der Waals surface area contributed by atoms with E-state index in [4.69, 9.17) is 0 Å². The molecule has 3 heterocycles. The second-order valence-electron chi connectivity index (χ2n) is 6.82. The Balaban J connectivity index is 1.38. The van der Waals surface area contributed by atoms with Gasteiger partial charge in [-0.3, -0.25) is 9.59 Å². The molecule has 2 amide bonds. The Morgan fingerprint density at radius 2 is 2.00 bits per heavy atom. The van der Waals surface area contributed by atoms with Gasteiger partial charge in [0.1, 0.15) is 5.69 Å². The molecule has 160 valence electrons. The first-order valence-corrected chi connectivity index (χ1v) is 11.7. The van der Waals surface area contributed by atoms with Gasteiger partial charge in [-0.25, -0.2) is 13.4 Å². The Kier molecular flexibility index (Phi) is 4.79. The Morgan fingerprint density at radius 3 is 2.81 bits per heavy atom. The molecular formula is C20H14N6O4S2. The molecule has 32 heavy (non-hydrogen) atoms. The van der Waals surface area contributed by atoms with Gasteiger partial charge in [-0.05, 0) is 30.3 Å². The van der Waals surface area contributed by atoms with Gasteiger partial charge in [-0.2, -0.15) is 4.68 Å². The zero-order valence-corrected chi connectivity index (χ0v) is 17.9. The maximum atomic E-state index is 13.0. The van der Waals surface area contributed by atoms with Gasteiger partial charge < -0.3 is 10.6 Å². The minimum Gasteiger partial charge on any atom is -0.346 e. The van der Waals surface area contributed by atoms with Gasteiger partial charge in [-0.1, -0.05) is 17.3 Å². The summed E-state index contributed by atoms with van der Waals surface area (Å²) < 4.78 is 27.6. The summed E-state index contributed by atoms with van der Waals surface area (Å²) >= 11 is 1.40. The van der Waals surface area contributed by atoms with Crippen molar-refractivity contribution in [1.82, 2.24) is 25.3 Å². The summed E-state index contributed by atoms with van der Waals surface area (Å²) in [6, 6.07) is 10.0. The molecule has 12 heteroatoms. The molecule has 0 bridgehead atoms. The SMILES string of the molecule is O=C(NCc1cn(-c2nccs2)nn1)c1ccc2c(c1)NC(=O)c1ccccc1S2(=O)=O. The smallest absolute Gasteiger partial charge is 0.257 e. The van der Waals surface area contributed by atoms with E-state index in [1.807, 2.05) is 5.38 Å². The maximum absolute atomic E-state index is 13.0. The Morgan fingerprint density at radius 1 is 1.16 bits per heavy atom. The third kappa shape index (κ3) is 3.44. The monoisotopic (exact) mass is 466 g/mol. The number of aromatic nitrogens is 4. The van der Waals surface area contributed by atoms with E-state index in [0.29, 0.717) is 10.8 Å². The van der Waals surface area contributed by atoms with E-state index in [0.717, 1.165) is 0 Å². The van der Waals surface area contributed by atoms with Crippen molar-refractivity contribution in [2.24, 2.45) is 0 Å². The number of rotatable bonds is 4. The summed E-state index contributed by atoms with van der Waals surface area (Å²) in [5.41, 5.74) is 0.818. The zero-order chi connectivity index (χ0) is 22.3. The van der Waals surface area contributed by atoms with Crippen LogP contribution in [0.4, 0.5) is 5.69 Å². The predicted octanol–water partition coefficient (Wildman–Crippen LogP) is 2.05. The van der Waals surface area contributed by atoms with Crippen molar-refractivity contribution >= 4 is 38.7 Å². The minimum absolute atomic E-state index is 0.0496. The fraction of sp³-hybridized carbons (Fsp3) is 0.0500. The van der Waals surface area contributed by atoms with E-state index in [-0.39, 0.29) is 33.2 Å². The number of thiazole rings is 1. The largest absolute Gasteiger partial charge is 0.346 e. The fourth-order valence-electron chi connectivity index (χ4n) is 3.27. The number of fused-ring (bicyclic) bond motifs is 2. The number of carbonyl (C=O) groups is 2. The first-order valence-electron chi connectivity index (χ1n) is 9.32. The highest BCUT2D eigenvalue weighted by molar-refractivity contribution is 7.91. The van der Waals surface area contributed by atoms with Crippen LogP contribution in [0.3, 0.4) is 0 Å². The van der Waals surface area contributed by atoms with Gasteiger partial charge >= 0.3 is 0 Å². The van der Waals surface area contributed by atoms with Crippen LogP contribution >= 0.6 is 11.3 Å². The lowest BCUT2D eigenvalue weighted by Gasteiger charge is -2.10. The van der Waals surface area contributed by atoms with Crippen molar-refractivity contribution in [1.29, 1.82) is 0 Å². The van der Waals surface area contributed by atoms with Crippen LogP contribution in [0.2, 0.25) is 0 Å². The standard InChI is InChI=1S/C20H14N6O4S2/c27-18(22-10-13-11-26(25-24-13)20-21-7-8-31-20)12-5-6-17-15(9-12)23-19(28)14-3-1-2-4-16(14)32(17,29)30/h1-9,11H,10H2,(H,22,27)(H,23,28). The van der Waals surface area contributed by atoms with Crippen LogP contribution in [0, 0.1) is 0 Å². The van der Waals surface area contributed by atoms with Crippen molar-refractivity contribution in [2.75, 3.05) is 5.32 Å². The number of hydrogen-bond acceptors (Lipinski definition) is 8. The van der Waals surface area contributed by atoms with E-state index in [1.165, 1.54) is 46.4 Å². The molecule has 1 aliphatic rings. The molecule has 0 unspecified atom stereocenters. The molecule has 0 saturated heterocycles. The molecule has 10 nitrogen and oxygen atoms in total. The van der Waals surface area contributed by atoms with Gasteiger partial charge in [0.25, 0.3) is 11.8 Å². The summed E-state index contributed by atoms with van der Waals surface area (Å²) in [4.78, 5) is 29.2. The van der Waals surface area contributed by atoms with Gasteiger partial charge in [-0.15, -0.1) is 16.4 Å². The summed E-state index contributed by atoms with van der Waals surface area (Å²) in [7, 11) is -3.93. The Labute approximate surface area is 185 Å². The summed E-state index contributed by atoms with van der Waals surface area (Å²) in [5.74, 6) is -1.01. The summed E-state index contributed by atoms with van der Waals surface area (Å²) in [6.07, 6.45) is 3.30. The molecule has 1 aliphatic heterocycles. The first kappa shape index (κ1) is 20.0. The number of benzene rings is 2. The van der Waals surface area contributed by atoms with E-state index in [1.54, 1.807) is 24.5 Å². The average molecular weight is 467 g/mol. The molecule has 0 fully saturated rings. The average Bonchev–Trinajstić information content (AvgIpc) is 3.47. The van der Waals surface area contributed by atoms with Crippen molar-refractivity contribution < 1.29 is 18.0 Å². The van der Waals surface area contributed by atoms with Gasteiger partial charge in [0.15, 0.2) is 0 Å². The van der Waals surface area contributed by atoms with Gasteiger partial charge in [0, 0.05) is 17.1 Å². The molecule has 4 aromatic rings. The number of hydrogen-bond donors (Lipinski definition) is 2. The number of amides is 2. The minimum atomic E-state index is -3.93. The predicted molar refractivity (Wildman–Crippen MR) is 114 cm³/mol. The molecule has 0 atom stereocenters. The molecule has 0 aliphatic carbocycles. The van der Waals surface area contributed by atoms with Crippen LogP contribution in [0.25, 0.3) is 5.13 Å². The van der Waals surface area contributed by atoms with Crippen LogP contribution in [-0.4, -0.2) is 40.2 Å². The molecule has 0 spiro atoms. The van der Waals surface area contributed by atoms with Crippen molar-refractivity contribution in [3.8, 4) is 5.13 Å². The number of nitrogens with one attached hydrogen (secondary N) is 2. The van der Waals surface area contributed by atoms with Crippen LogP contribution in [0.1, 0.15) is 26.4 Å². The lowest BCUT2D eigenvalue weighted by molar-refractivity contribution is 0.0949. The number of nitrogens with zero attached hydrogens (tertiary/aromatic N) is 4. The van der Waals surface area contributed by atoms with E-state index >= 15 is 0 Å². The van der Waals surface area contributed by atoms with Crippen LogP contribution in [0.5, 0.6) is 0 Å².